The summed E-state index contributed by atoms with van der Waals surface area (Å²) in [5.41, 5.74) is 6.26. The lowest BCUT2D eigenvalue weighted by atomic mass is 10.2. The minimum Gasteiger partial charge on any atom is -0.399 e. The Bertz CT molecular complexity index is 506. The summed E-state index contributed by atoms with van der Waals surface area (Å²) < 4.78 is 26.9. The van der Waals surface area contributed by atoms with Crippen molar-refractivity contribution in [2.45, 2.75) is 6.42 Å². The molecule has 5 heteroatoms. The van der Waals surface area contributed by atoms with E-state index >= 15 is 0 Å². The average molecular weight is 249 g/mol. The summed E-state index contributed by atoms with van der Waals surface area (Å²) >= 11 is 0. The normalized spacial score (nSPS) is 10.3. The maximum atomic E-state index is 13.4. The van der Waals surface area contributed by atoms with Gasteiger partial charge in [0.15, 0.2) is 11.6 Å². The molecule has 3 nitrogen and oxygen atoms in total. The number of nitrogens with zero attached hydrogens (tertiary/aromatic N) is 1. The first-order valence-electron chi connectivity index (χ1n) is 5.54. The SMILES string of the molecule is Nc1cc(F)c(NCCc2cccnc2)c(F)c1. The molecule has 94 valence electrons. The molecule has 0 unspecified atom stereocenters. The number of hydrogen-bond acceptors (Lipinski definition) is 3. The van der Waals surface area contributed by atoms with E-state index in [0.29, 0.717) is 13.0 Å². The highest BCUT2D eigenvalue weighted by atomic mass is 19.1. The van der Waals surface area contributed by atoms with E-state index in [1.54, 1.807) is 12.4 Å². The summed E-state index contributed by atoms with van der Waals surface area (Å²) in [4.78, 5) is 3.96. The van der Waals surface area contributed by atoms with Crippen LogP contribution in [0.2, 0.25) is 0 Å². The third-order valence-electron chi connectivity index (χ3n) is 2.50. The van der Waals surface area contributed by atoms with E-state index in [-0.39, 0.29) is 11.4 Å². The highest BCUT2D eigenvalue weighted by Crippen LogP contribution is 2.21. The van der Waals surface area contributed by atoms with Crippen LogP contribution >= 0.6 is 0 Å². The molecule has 0 saturated heterocycles. The Hall–Kier alpha value is -2.17. The molecule has 3 N–H and O–H groups in total. The fourth-order valence-corrected chi connectivity index (χ4v) is 1.64. The fraction of sp³-hybridized carbons (Fsp3) is 0.154. The Balaban J connectivity index is 1.99. The van der Waals surface area contributed by atoms with Gasteiger partial charge < -0.3 is 11.1 Å². The zero-order valence-corrected chi connectivity index (χ0v) is 9.66. The van der Waals surface area contributed by atoms with Gasteiger partial charge in [0.05, 0.1) is 0 Å². The number of pyridine rings is 1. The molecule has 18 heavy (non-hydrogen) atoms. The molecular weight excluding hydrogens is 236 g/mol. The molecule has 2 aromatic rings. The van der Waals surface area contributed by atoms with Gasteiger partial charge >= 0.3 is 0 Å². The summed E-state index contributed by atoms with van der Waals surface area (Å²) in [7, 11) is 0. The first kappa shape index (κ1) is 12.3. The zero-order chi connectivity index (χ0) is 13.0. The lowest BCUT2D eigenvalue weighted by Gasteiger charge is -2.09. The van der Waals surface area contributed by atoms with Gasteiger partial charge in [-0.25, -0.2) is 8.78 Å². The molecule has 2 rings (SSSR count). The van der Waals surface area contributed by atoms with E-state index in [0.717, 1.165) is 17.7 Å². The summed E-state index contributed by atoms with van der Waals surface area (Å²) in [6, 6.07) is 5.91. The van der Waals surface area contributed by atoms with Crippen molar-refractivity contribution in [1.29, 1.82) is 0 Å². The topological polar surface area (TPSA) is 50.9 Å². The van der Waals surface area contributed by atoms with Crippen LogP contribution in [-0.2, 0) is 6.42 Å². The van der Waals surface area contributed by atoms with E-state index < -0.39 is 11.6 Å². The molecule has 0 aliphatic heterocycles. The number of nitrogens with one attached hydrogen (secondary N) is 1. The number of nitrogens with two attached hydrogens (primary N) is 1. The molecule has 0 aliphatic rings. The molecule has 0 fully saturated rings. The van der Waals surface area contributed by atoms with E-state index in [1.165, 1.54) is 0 Å². The smallest absolute Gasteiger partial charge is 0.151 e. The molecular formula is C13H13F2N3. The predicted molar refractivity (Wildman–Crippen MR) is 67.2 cm³/mol. The van der Waals surface area contributed by atoms with Gasteiger partial charge in [-0.1, -0.05) is 6.07 Å². The van der Waals surface area contributed by atoms with Crippen LogP contribution in [0.1, 0.15) is 5.56 Å². The van der Waals surface area contributed by atoms with Crippen molar-refractivity contribution in [3.05, 3.63) is 53.9 Å². The Morgan fingerprint density at radius 1 is 1.22 bits per heavy atom. The van der Waals surface area contributed by atoms with Crippen LogP contribution in [-0.4, -0.2) is 11.5 Å². The van der Waals surface area contributed by atoms with Crippen LogP contribution < -0.4 is 11.1 Å². The Kier molecular flexibility index (Phi) is 3.72. The zero-order valence-electron chi connectivity index (χ0n) is 9.66. The summed E-state index contributed by atoms with van der Waals surface area (Å²) in [5.74, 6) is -1.36. The van der Waals surface area contributed by atoms with E-state index in [9.17, 15) is 8.78 Å². The molecule has 0 atom stereocenters. The van der Waals surface area contributed by atoms with E-state index in [2.05, 4.69) is 10.3 Å². The first-order valence-corrected chi connectivity index (χ1v) is 5.54. The maximum Gasteiger partial charge on any atom is 0.151 e. The van der Waals surface area contributed by atoms with Crippen LogP contribution in [0.5, 0.6) is 0 Å². The third kappa shape index (κ3) is 2.94. The average Bonchev–Trinajstić information content (AvgIpc) is 2.34. The third-order valence-corrected chi connectivity index (χ3v) is 2.50. The van der Waals surface area contributed by atoms with Crippen molar-refractivity contribution >= 4 is 11.4 Å². The van der Waals surface area contributed by atoms with E-state index in [4.69, 9.17) is 5.73 Å². The summed E-state index contributed by atoms with van der Waals surface area (Å²) in [6.45, 7) is 0.420. The quantitative estimate of drug-likeness (QED) is 0.819. The Morgan fingerprint density at radius 3 is 2.56 bits per heavy atom. The maximum absolute atomic E-state index is 13.4. The number of halogens is 2. The number of aromatic nitrogens is 1. The van der Waals surface area contributed by atoms with Crippen LogP contribution in [0, 0.1) is 11.6 Å². The highest BCUT2D eigenvalue weighted by molar-refractivity contribution is 5.54. The second-order valence-electron chi connectivity index (χ2n) is 3.90. The van der Waals surface area contributed by atoms with E-state index in [1.807, 2.05) is 12.1 Å². The lowest BCUT2D eigenvalue weighted by molar-refractivity contribution is 0.589. The minimum atomic E-state index is -0.682. The van der Waals surface area contributed by atoms with Gasteiger partial charge in [0.2, 0.25) is 0 Å². The monoisotopic (exact) mass is 249 g/mol. The van der Waals surface area contributed by atoms with Crippen LogP contribution in [0.15, 0.2) is 36.7 Å². The number of hydrogen-bond donors (Lipinski definition) is 2. The van der Waals surface area contributed by atoms with Gasteiger partial charge in [0, 0.05) is 24.6 Å². The molecule has 0 saturated carbocycles. The van der Waals surface area contributed by atoms with Gasteiger partial charge in [0.25, 0.3) is 0 Å². The minimum absolute atomic E-state index is 0.0720. The standard InChI is InChI=1S/C13H13F2N3/c14-11-6-10(16)7-12(15)13(11)18-5-3-9-2-1-4-17-8-9/h1-2,4,6-8,18H,3,5,16H2. The lowest BCUT2D eigenvalue weighted by Crippen LogP contribution is -2.08. The summed E-state index contributed by atoms with van der Waals surface area (Å²) in [5, 5.41) is 2.72. The van der Waals surface area contributed by atoms with Crippen molar-refractivity contribution in [2.75, 3.05) is 17.6 Å². The van der Waals surface area contributed by atoms with Crippen molar-refractivity contribution in [3.63, 3.8) is 0 Å². The van der Waals surface area contributed by atoms with Crippen molar-refractivity contribution in [2.24, 2.45) is 0 Å². The Labute approximate surface area is 104 Å². The second-order valence-corrected chi connectivity index (χ2v) is 3.90. The number of benzene rings is 1. The fourth-order valence-electron chi connectivity index (χ4n) is 1.64. The molecule has 1 aromatic carbocycles. The number of rotatable bonds is 4. The van der Waals surface area contributed by atoms with Crippen molar-refractivity contribution in [3.8, 4) is 0 Å². The largest absolute Gasteiger partial charge is 0.399 e. The van der Waals surface area contributed by atoms with Crippen molar-refractivity contribution < 1.29 is 8.78 Å². The predicted octanol–water partition coefficient (Wildman–Crippen LogP) is 2.60. The molecule has 0 bridgehead atoms. The molecule has 0 amide bonds. The number of nitrogen functional groups attached to an aromatic ring is 1. The second kappa shape index (κ2) is 5.44. The molecule has 0 radical (unpaired) electrons. The molecule has 1 aromatic heterocycles. The van der Waals surface area contributed by atoms with Gasteiger partial charge in [-0.15, -0.1) is 0 Å². The summed E-state index contributed by atoms with van der Waals surface area (Å²) in [6.07, 6.45) is 4.03. The van der Waals surface area contributed by atoms with Gasteiger partial charge in [-0.05, 0) is 30.2 Å². The van der Waals surface area contributed by atoms with Gasteiger partial charge in [-0.2, -0.15) is 0 Å². The Morgan fingerprint density at radius 2 is 1.94 bits per heavy atom. The van der Waals surface area contributed by atoms with Gasteiger partial charge in [-0.3, -0.25) is 4.98 Å². The van der Waals surface area contributed by atoms with Crippen LogP contribution in [0.25, 0.3) is 0 Å². The first-order chi connectivity index (χ1) is 8.66. The number of anilines is 2. The molecule has 0 spiro atoms. The van der Waals surface area contributed by atoms with Crippen LogP contribution in [0.3, 0.4) is 0 Å². The van der Waals surface area contributed by atoms with Crippen molar-refractivity contribution in [1.82, 2.24) is 4.98 Å². The molecule has 1 heterocycles. The van der Waals surface area contributed by atoms with Crippen LogP contribution in [0.4, 0.5) is 20.2 Å². The van der Waals surface area contributed by atoms with Gasteiger partial charge in [0.1, 0.15) is 5.69 Å². The molecule has 0 aliphatic carbocycles. The highest BCUT2D eigenvalue weighted by Gasteiger charge is 2.09.